The van der Waals surface area contributed by atoms with Crippen LogP contribution in [-0.4, -0.2) is 35.5 Å². The predicted molar refractivity (Wildman–Crippen MR) is 40.5 cm³/mol. The molecule has 0 aliphatic carbocycles. The molecule has 12 heavy (non-hydrogen) atoms. The lowest BCUT2D eigenvalue weighted by Crippen LogP contribution is -2.38. The third kappa shape index (κ3) is 3.17. The maximum atomic E-state index is 10.5. The smallest absolute Gasteiger partial charge is 0.335 e. The first-order chi connectivity index (χ1) is 5.56. The van der Waals surface area contributed by atoms with Crippen molar-refractivity contribution in [1.29, 1.82) is 0 Å². The summed E-state index contributed by atoms with van der Waals surface area (Å²) in [7, 11) is 1.33. The van der Waals surface area contributed by atoms with E-state index in [1.165, 1.54) is 7.11 Å². The van der Waals surface area contributed by atoms with E-state index in [-0.39, 0.29) is 19.4 Å². The van der Waals surface area contributed by atoms with E-state index < -0.39 is 11.6 Å². The van der Waals surface area contributed by atoms with E-state index in [1.54, 1.807) is 6.92 Å². The van der Waals surface area contributed by atoms with Crippen molar-refractivity contribution in [2.45, 2.75) is 25.4 Å². The number of carboxylic acids is 1. The van der Waals surface area contributed by atoms with Gasteiger partial charge in [-0.25, -0.2) is 14.6 Å². The Balaban J connectivity index is 3.88. The SMILES string of the molecule is CCC(O)(CCOOC)C(=O)O. The zero-order chi connectivity index (χ0) is 9.61. The molecule has 5 nitrogen and oxygen atoms in total. The Bertz CT molecular complexity index is 147. The molecule has 0 bridgehead atoms. The number of hydrogen-bond acceptors (Lipinski definition) is 4. The van der Waals surface area contributed by atoms with Gasteiger partial charge in [0.05, 0.1) is 13.7 Å². The largest absolute Gasteiger partial charge is 0.479 e. The Kier molecular flexibility index (Phi) is 4.80. The second-order valence-corrected chi connectivity index (χ2v) is 2.43. The van der Waals surface area contributed by atoms with Gasteiger partial charge in [0.15, 0.2) is 5.60 Å². The zero-order valence-electron chi connectivity index (χ0n) is 7.24. The molecule has 0 aliphatic heterocycles. The van der Waals surface area contributed by atoms with Gasteiger partial charge in [-0.15, -0.1) is 0 Å². The lowest BCUT2D eigenvalue weighted by Gasteiger charge is -2.20. The lowest BCUT2D eigenvalue weighted by molar-refractivity contribution is -0.277. The van der Waals surface area contributed by atoms with Crippen molar-refractivity contribution in [3.8, 4) is 0 Å². The van der Waals surface area contributed by atoms with Crippen LogP contribution in [0.5, 0.6) is 0 Å². The summed E-state index contributed by atoms with van der Waals surface area (Å²) in [4.78, 5) is 19.2. The normalized spacial score (nSPS) is 15.6. The molecular weight excluding hydrogens is 164 g/mol. The Morgan fingerprint density at radius 1 is 1.58 bits per heavy atom. The highest BCUT2D eigenvalue weighted by Gasteiger charge is 2.33. The van der Waals surface area contributed by atoms with E-state index in [2.05, 4.69) is 9.78 Å². The van der Waals surface area contributed by atoms with Gasteiger partial charge in [0.25, 0.3) is 0 Å². The molecule has 0 heterocycles. The van der Waals surface area contributed by atoms with Crippen molar-refractivity contribution in [2.75, 3.05) is 13.7 Å². The molecule has 1 unspecified atom stereocenters. The van der Waals surface area contributed by atoms with Crippen molar-refractivity contribution in [3.05, 3.63) is 0 Å². The van der Waals surface area contributed by atoms with Gasteiger partial charge >= 0.3 is 5.97 Å². The molecule has 0 aromatic carbocycles. The van der Waals surface area contributed by atoms with Crippen LogP contribution in [0, 0.1) is 0 Å². The quantitative estimate of drug-likeness (QED) is 0.344. The summed E-state index contributed by atoms with van der Waals surface area (Å²) in [5.41, 5.74) is -1.70. The molecule has 0 aromatic rings. The highest BCUT2D eigenvalue weighted by Crippen LogP contribution is 2.14. The van der Waals surface area contributed by atoms with Gasteiger partial charge in [0.1, 0.15) is 0 Å². The van der Waals surface area contributed by atoms with Gasteiger partial charge in [-0.2, -0.15) is 0 Å². The number of carboxylic acid groups (broad SMARTS) is 1. The minimum absolute atomic E-state index is 0.0205. The molecule has 0 aliphatic rings. The van der Waals surface area contributed by atoms with Gasteiger partial charge < -0.3 is 10.2 Å². The first-order valence-electron chi connectivity index (χ1n) is 3.68. The maximum absolute atomic E-state index is 10.5. The van der Waals surface area contributed by atoms with Crippen LogP contribution in [0.15, 0.2) is 0 Å². The maximum Gasteiger partial charge on any atom is 0.335 e. The average molecular weight is 178 g/mol. The van der Waals surface area contributed by atoms with Crippen LogP contribution in [0.4, 0.5) is 0 Å². The third-order valence-electron chi connectivity index (χ3n) is 1.70. The monoisotopic (exact) mass is 178 g/mol. The summed E-state index contributed by atoms with van der Waals surface area (Å²) >= 11 is 0. The molecule has 0 rings (SSSR count). The Morgan fingerprint density at radius 3 is 2.50 bits per heavy atom. The Morgan fingerprint density at radius 2 is 2.17 bits per heavy atom. The fourth-order valence-electron chi connectivity index (χ4n) is 0.729. The summed E-state index contributed by atoms with van der Waals surface area (Å²) in [5.74, 6) is -1.23. The Hall–Kier alpha value is -0.650. The van der Waals surface area contributed by atoms with Crippen LogP contribution in [-0.2, 0) is 14.6 Å². The standard InChI is InChI=1S/C7H14O5/c1-3-7(10,6(8)9)4-5-12-11-2/h10H,3-5H2,1-2H3,(H,8,9). The molecular formula is C7H14O5. The van der Waals surface area contributed by atoms with Crippen molar-refractivity contribution < 1.29 is 24.8 Å². The number of aliphatic hydroxyl groups is 1. The van der Waals surface area contributed by atoms with E-state index in [1.807, 2.05) is 0 Å². The van der Waals surface area contributed by atoms with E-state index in [0.29, 0.717) is 0 Å². The van der Waals surface area contributed by atoms with Gasteiger partial charge in [0.2, 0.25) is 0 Å². The van der Waals surface area contributed by atoms with E-state index in [0.717, 1.165) is 0 Å². The second kappa shape index (κ2) is 5.08. The number of carbonyl (C=O) groups is 1. The summed E-state index contributed by atoms with van der Waals surface area (Å²) < 4.78 is 0. The fourth-order valence-corrected chi connectivity index (χ4v) is 0.729. The van der Waals surface area contributed by atoms with E-state index in [4.69, 9.17) is 5.11 Å². The van der Waals surface area contributed by atoms with Crippen molar-refractivity contribution >= 4 is 5.97 Å². The summed E-state index contributed by atoms with van der Waals surface area (Å²) in [6.45, 7) is 1.66. The number of rotatable bonds is 6. The molecule has 1 atom stereocenters. The van der Waals surface area contributed by atoms with Crippen LogP contribution in [0.25, 0.3) is 0 Å². The van der Waals surface area contributed by atoms with Crippen LogP contribution in [0.2, 0.25) is 0 Å². The van der Waals surface area contributed by atoms with Crippen LogP contribution < -0.4 is 0 Å². The second-order valence-electron chi connectivity index (χ2n) is 2.43. The summed E-state index contributed by atoms with van der Waals surface area (Å²) in [5, 5.41) is 18.0. The topological polar surface area (TPSA) is 76.0 Å². The summed E-state index contributed by atoms with van der Waals surface area (Å²) in [6, 6.07) is 0. The van der Waals surface area contributed by atoms with Gasteiger partial charge in [-0.1, -0.05) is 6.92 Å². The molecule has 5 heteroatoms. The van der Waals surface area contributed by atoms with Crippen molar-refractivity contribution in [3.63, 3.8) is 0 Å². The first kappa shape index (κ1) is 11.4. The molecule has 0 radical (unpaired) electrons. The zero-order valence-corrected chi connectivity index (χ0v) is 7.24. The van der Waals surface area contributed by atoms with Crippen molar-refractivity contribution in [1.82, 2.24) is 0 Å². The van der Waals surface area contributed by atoms with Gasteiger partial charge in [-0.05, 0) is 6.42 Å². The summed E-state index contributed by atoms with van der Waals surface area (Å²) in [6.07, 6.45) is 0.169. The van der Waals surface area contributed by atoms with Crippen LogP contribution >= 0.6 is 0 Å². The highest BCUT2D eigenvalue weighted by atomic mass is 17.2. The van der Waals surface area contributed by atoms with Crippen molar-refractivity contribution in [2.24, 2.45) is 0 Å². The molecule has 72 valence electrons. The number of aliphatic carboxylic acids is 1. The fraction of sp³-hybridized carbons (Fsp3) is 0.857. The molecule has 0 aromatic heterocycles. The van der Waals surface area contributed by atoms with Gasteiger partial charge in [-0.3, -0.25) is 0 Å². The molecule has 0 saturated carbocycles. The molecule has 0 spiro atoms. The molecule has 2 N–H and O–H groups in total. The van der Waals surface area contributed by atoms with Crippen LogP contribution in [0.3, 0.4) is 0 Å². The molecule has 0 amide bonds. The number of hydrogen-bond donors (Lipinski definition) is 2. The van der Waals surface area contributed by atoms with E-state index >= 15 is 0 Å². The minimum atomic E-state index is -1.70. The predicted octanol–water partition coefficient (Wildman–Crippen LogP) is 0.180. The highest BCUT2D eigenvalue weighted by molar-refractivity contribution is 5.76. The third-order valence-corrected chi connectivity index (χ3v) is 1.70. The average Bonchev–Trinajstić information content (AvgIpc) is 2.04. The molecule has 0 saturated heterocycles. The minimum Gasteiger partial charge on any atom is -0.479 e. The van der Waals surface area contributed by atoms with Gasteiger partial charge in [0, 0.05) is 6.42 Å². The lowest BCUT2D eigenvalue weighted by atomic mass is 9.97. The van der Waals surface area contributed by atoms with E-state index in [9.17, 15) is 9.90 Å². The molecule has 0 fully saturated rings. The van der Waals surface area contributed by atoms with Crippen LogP contribution in [0.1, 0.15) is 19.8 Å². The Labute approximate surface area is 70.8 Å². The first-order valence-corrected chi connectivity index (χ1v) is 3.68.